The molecule has 9 heteroatoms. The Bertz CT molecular complexity index is 1130. The molecule has 3 heterocycles. The minimum absolute atomic E-state index is 0.00698. The number of carbonyl (C=O) groups is 1. The van der Waals surface area contributed by atoms with Crippen molar-refractivity contribution in [1.82, 2.24) is 19.7 Å². The Morgan fingerprint density at radius 3 is 2.93 bits per heavy atom. The van der Waals surface area contributed by atoms with E-state index in [1.165, 1.54) is 4.57 Å². The maximum atomic E-state index is 12.0. The van der Waals surface area contributed by atoms with Crippen molar-refractivity contribution in [1.29, 1.82) is 0 Å². The molecule has 0 bridgehead atoms. The molecule has 1 aromatic carbocycles. The number of benzene rings is 1. The highest BCUT2D eigenvalue weighted by Crippen LogP contribution is 2.15. The number of carbonyl (C=O) groups excluding carboxylic acids is 1. The van der Waals surface area contributed by atoms with Crippen LogP contribution < -0.4 is 5.76 Å². The van der Waals surface area contributed by atoms with Gasteiger partial charge in [0.25, 0.3) is 5.89 Å². The third-order valence-corrected chi connectivity index (χ3v) is 3.86. The number of esters is 1. The lowest BCUT2D eigenvalue weighted by Crippen LogP contribution is -2.17. The summed E-state index contributed by atoms with van der Waals surface area (Å²) >= 11 is 0. The molecule has 0 aliphatic rings. The Morgan fingerprint density at radius 1 is 1.19 bits per heavy atom. The van der Waals surface area contributed by atoms with Gasteiger partial charge in [-0.25, -0.2) is 4.79 Å². The Labute approximate surface area is 152 Å². The van der Waals surface area contributed by atoms with Crippen molar-refractivity contribution in [2.24, 2.45) is 0 Å². The number of hydrogen-bond donors (Lipinski definition) is 0. The van der Waals surface area contributed by atoms with Crippen molar-refractivity contribution in [3.8, 4) is 11.4 Å². The smallest absolute Gasteiger partial charge is 0.419 e. The third kappa shape index (κ3) is 3.61. The van der Waals surface area contributed by atoms with Crippen LogP contribution in [0.2, 0.25) is 0 Å². The number of oxazole rings is 1. The van der Waals surface area contributed by atoms with E-state index >= 15 is 0 Å². The zero-order valence-electron chi connectivity index (χ0n) is 14.1. The highest BCUT2D eigenvalue weighted by Gasteiger charge is 2.13. The van der Waals surface area contributed by atoms with Crippen LogP contribution in [0.4, 0.5) is 0 Å². The highest BCUT2D eigenvalue weighted by atomic mass is 16.6. The quantitative estimate of drug-likeness (QED) is 0.477. The predicted octanol–water partition coefficient (Wildman–Crippen LogP) is 2.17. The predicted molar refractivity (Wildman–Crippen MR) is 92.4 cm³/mol. The second-order valence-electron chi connectivity index (χ2n) is 5.65. The number of pyridine rings is 1. The number of fused-ring (bicyclic) bond motifs is 1. The summed E-state index contributed by atoms with van der Waals surface area (Å²) in [4.78, 5) is 32.0. The molecule has 0 radical (unpaired) electrons. The van der Waals surface area contributed by atoms with Crippen LogP contribution in [0.15, 0.2) is 62.5 Å². The molecule has 4 rings (SSSR count). The Kier molecular flexibility index (Phi) is 4.48. The molecule has 3 aromatic heterocycles. The molecule has 136 valence electrons. The molecule has 0 amide bonds. The van der Waals surface area contributed by atoms with E-state index < -0.39 is 11.7 Å². The first kappa shape index (κ1) is 16.7. The second kappa shape index (κ2) is 7.24. The molecule has 0 unspecified atom stereocenters. The summed E-state index contributed by atoms with van der Waals surface area (Å²) in [5.41, 5.74) is 1.81. The first-order chi connectivity index (χ1) is 13.2. The van der Waals surface area contributed by atoms with Crippen molar-refractivity contribution in [3.63, 3.8) is 0 Å². The molecule has 0 aliphatic heterocycles. The number of ether oxygens (including phenoxy) is 1. The molecule has 0 saturated heterocycles. The topological polar surface area (TPSA) is 113 Å². The highest BCUT2D eigenvalue weighted by molar-refractivity contribution is 5.73. The van der Waals surface area contributed by atoms with Gasteiger partial charge in [0.2, 0.25) is 5.82 Å². The molecular formula is C18H14N4O5. The minimum Gasteiger partial charge on any atom is -0.456 e. The number of para-hydroxylation sites is 2. The van der Waals surface area contributed by atoms with E-state index in [4.69, 9.17) is 13.7 Å². The SMILES string of the molecule is O=C(CCn1c(=O)oc2ccccc21)OCc1nc(-c2cccnc2)no1. The van der Waals surface area contributed by atoms with E-state index in [1.54, 1.807) is 48.8 Å². The van der Waals surface area contributed by atoms with Gasteiger partial charge in [-0.3, -0.25) is 14.3 Å². The number of aryl methyl sites for hydroxylation is 1. The van der Waals surface area contributed by atoms with Gasteiger partial charge in [-0.1, -0.05) is 17.3 Å². The number of rotatable bonds is 6. The van der Waals surface area contributed by atoms with Gasteiger partial charge >= 0.3 is 11.7 Å². The van der Waals surface area contributed by atoms with Crippen LogP contribution in [0.1, 0.15) is 12.3 Å². The van der Waals surface area contributed by atoms with Gasteiger partial charge in [0.05, 0.1) is 11.9 Å². The number of aromatic nitrogens is 4. The summed E-state index contributed by atoms with van der Waals surface area (Å²) < 4.78 is 16.7. The Morgan fingerprint density at radius 2 is 2.07 bits per heavy atom. The van der Waals surface area contributed by atoms with E-state index in [0.717, 1.165) is 0 Å². The van der Waals surface area contributed by atoms with Crippen molar-refractivity contribution >= 4 is 17.1 Å². The summed E-state index contributed by atoms with van der Waals surface area (Å²) in [6, 6.07) is 10.6. The average Bonchev–Trinajstić information content (AvgIpc) is 3.29. The van der Waals surface area contributed by atoms with Gasteiger partial charge in [-0.15, -0.1) is 0 Å². The lowest BCUT2D eigenvalue weighted by atomic mass is 10.3. The van der Waals surface area contributed by atoms with Crippen molar-refractivity contribution in [3.05, 3.63) is 65.2 Å². The standard InChI is InChI=1S/C18H14N4O5/c23-16(7-9-22-13-5-1-2-6-14(13)26-18(22)24)25-11-15-20-17(21-27-15)12-4-3-8-19-10-12/h1-6,8,10H,7,9,11H2. The molecule has 27 heavy (non-hydrogen) atoms. The zero-order valence-corrected chi connectivity index (χ0v) is 14.1. The van der Waals surface area contributed by atoms with Gasteiger partial charge in [0, 0.05) is 24.5 Å². The average molecular weight is 366 g/mol. The maximum Gasteiger partial charge on any atom is 0.419 e. The van der Waals surface area contributed by atoms with Crippen LogP contribution in [0.5, 0.6) is 0 Å². The molecule has 0 fully saturated rings. The zero-order chi connectivity index (χ0) is 18.6. The summed E-state index contributed by atoms with van der Waals surface area (Å²) in [7, 11) is 0. The second-order valence-corrected chi connectivity index (χ2v) is 5.65. The van der Waals surface area contributed by atoms with Crippen LogP contribution >= 0.6 is 0 Å². The van der Waals surface area contributed by atoms with Crippen LogP contribution in [0, 0.1) is 0 Å². The molecule has 0 aliphatic carbocycles. The summed E-state index contributed by atoms with van der Waals surface area (Å²) in [5.74, 6) is -0.464. The monoisotopic (exact) mass is 366 g/mol. The molecular weight excluding hydrogens is 352 g/mol. The third-order valence-electron chi connectivity index (χ3n) is 3.86. The van der Waals surface area contributed by atoms with Crippen LogP contribution in [0.3, 0.4) is 0 Å². The normalized spacial score (nSPS) is 11.0. The van der Waals surface area contributed by atoms with Gasteiger partial charge in [-0.2, -0.15) is 4.98 Å². The van der Waals surface area contributed by atoms with E-state index in [1.807, 2.05) is 0 Å². The van der Waals surface area contributed by atoms with Crippen molar-refractivity contribution < 1.29 is 18.5 Å². The molecule has 9 nitrogen and oxygen atoms in total. The van der Waals surface area contributed by atoms with Gasteiger partial charge in [0.1, 0.15) is 0 Å². The molecule has 0 atom stereocenters. The van der Waals surface area contributed by atoms with Crippen LogP contribution in [-0.2, 0) is 22.7 Å². The molecule has 0 N–H and O–H groups in total. The number of hydrogen-bond acceptors (Lipinski definition) is 8. The summed E-state index contributed by atoms with van der Waals surface area (Å²) in [6.07, 6.45) is 3.25. The van der Waals surface area contributed by atoms with Gasteiger partial charge < -0.3 is 13.7 Å². The van der Waals surface area contributed by atoms with Crippen LogP contribution in [0.25, 0.3) is 22.5 Å². The minimum atomic E-state index is -0.512. The van der Waals surface area contributed by atoms with E-state index in [2.05, 4.69) is 15.1 Å². The first-order valence-electron chi connectivity index (χ1n) is 8.18. The fraction of sp³-hybridized carbons (Fsp3) is 0.167. The molecule has 0 saturated carbocycles. The lowest BCUT2D eigenvalue weighted by Gasteiger charge is -2.03. The summed E-state index contributed by atoms with van der Waals surface area (Å²) in [6.45, 7) is 0.00652. The lowest BCUT2D eigenvalue weighted by molar-refractivity contribution is -0.146. The van der Waals surface area contributed by atoms with Crippen molar-refractivity contribution in [2.75, 3.05) is 0 Å². The fourth-order valence-electron chi connectivity index (χ4n) is 2.57. The maximum absolute atomic E-state index is 12.0. The fourth-order valence-corrected chi connectivity index (χ4v) is 2.57. The first-order valence-corrected chi connectivity index (χ1v) is 8.18. The Balaban J connectivity index is 1.34. The Hall–Kier alpha value is -3.75. The molecule has 4 aromatic rings. The van der Waals surface area contributed by atoms with Gasteiger partial charge in [0.15, 0.2) is 12.2 Å². The molecule has 0 spiro atoms. The summed E-state index contributed by atoms with van der Waals surface area (Å²) in [5, 5.41) is 3.82. The van der Waals surface area contributed by atoms with Gasteiger partial charge in [-0.05, 0) is 24.3 Å². The van der Waals surface area contributed by atoms with E-state index in [0.29, 0.717) is 22.5 Å². The van der Waals surface area contributed by atoms with Crippen molar-refractivity contribution in [2.45, 2.75) is 19.6 Å². The largest absolute Gasteiger partial charge is 0.456 e. The van der Waals surface area contributed by atoms with E-state index in [-0.39, 0.29) is 25.5 Å². The van der Waals surface area contributed by atoms with Crippen LogP contribution in [-0.4, -0.2) is 25.7 Å². The number of nitrogens with zero attached hydrogens (tertiary/aromatic N) is 4. The van der Waals surface area contributed by atoms with E-state index in [9.17, 15) is 9.59 Å².